The Bertz CT molecular complexity index is 684. The third-order valence-electron chi connectivity index (χ3n) is 2.91. The fourth-order valence-electron chi connectivity index (χ4n) is 2.09. The first kappa shape index (κ1) is 10.4. The number of benzene rings is 1. The van der Waals surface area contributed by atoms with Crippen molar-refractivity contribution in [3.8, 4) is 17.2 Å². The minimum atomic E-state index is 0.218. The second-order valence-corrected chi connectivity index (χ2v) is 4.06. The van der Waals surface area contributed by atoms with Gasteiger partial charge in [0.25, 0.3) is 0 Å². The summed E-state index contributed by atoms with van der Waals surface area (Å²) < 4.78 is 21.5. The van der Waals surface area contributed by atoms with Gasteiger partial charge in [0.1, 0.15) is 5.58 Å². The smallest absolute Gasteiger partial charge is 0.334 e. The highest BCUT2D eigenvalue weighted by Gasteiger charge is 2.26. The highest BCUT2D eigenvalue weighted by Crippen LogP contribution is 2.44. The molecule has 0 aliphatic carbocycles. The Morgan fingerprint density at radius 2 is 2.00 bits per heavy atom. The van der Waals surface area contributed by atoms with Crippen LogP contribution >= 0.6 is 0 Å². The number of ether oxygens (including phenoxy) is 3. The molecule has 0 N–H and O–H groups in total. The van der Waals surface area contributed by atoms with Gasteiger partial charge in [-0.3, -0.25) is 4.89 Å². The summed E-state index contributed by atoms with van der Waals surface area (Å²) in [5.41, 5.74) is 0.645. The summed E-state index contributed by atoms with van der Waals surface area (Å²) in [5.74, 6) is 2.66. The highest BCUT2D eigenvalue weighted by atomic mass is 17.2. The fraction of sp³-hybridized carbons (Fsp3) is 0.231. The molecule has 0 amide bonds. The number of fused-ring (bicyclic) bond motifs is 4. The van der Waals surface area contributed by atoms with E-state index >= 15 is 0 Å². The Kier molecular flexibility index (Phi) is 2.05. The van der Waals surface area contributed by atoms with Crippen LogP contribution in [0.4, 0.5) is 0 Å². The lowest BCUT2D eigenvalue weighted by molar-refractivity contribution is -0.212. The molecule has 2 aromatic rings. The molecule has 0 saturated heterocycles. The van der Waals surface area contributed by atoms with Crippen LogP contribution in [0.5, 0.6) is 17.2 Å². The van der Waals surface area contributed by atoms with Gasteiger partial charge in [0.15, 0.2) is 17.3 Å². The van der Waals surface area contributed by atoms with E-state index in [1.54, 1.807) is 12.1 Å². The van der Waals surface area contributed by atoms with E-state index in [1.165, 1.54) is 0 Å². The second-order valence-electron chi connectivity index (χ2n) is 4.06. The molecule has 6 nitrogen and oxygen atoms in total. The molecule has 3 heterocycles. The SMILES string of the molecule is CCOC1=Cc2oc3cc4c(cc3c2OO1)OCO4. The first-order valence-corrected chi connectivity index (χ1v) is 5.90. The monoisotopic (exact) mass is 262 g/mol. The average Bonchev–Trinajstić information content (AvgIpc) is 2.98. The van der Waals surface area contributed by atoms with Crippen LogP contribution in [0.15, 0.2) is 22.5 Å². The van der Waals surface area contributed by atoms with Crippen molar-refractivity contribution < 1.29 is 28.4 Å². The summed E-state index contributed by atoms with van der Waals surface area (Å²) in [4.78, 5) is 10.3. The number of hydrogen-bond acceptors (Lipinski definition) is 6. The van der Waals surface area contributed by atoms with E-state index in [4.69, 9.17) is 28.4 Å². The van der Waals surface area contributed by atoms with Crippen molar-refractivity contribution >= 4 is 17.0 Å². The van der Waals surface area contributed by atoms with Gasteiger partial charge in [-0.2, -0.15) is 0 Å². The summed E-state index contributed by atoms with van der Waals surface area (Å²) in [6.07, 6.45) is 1.65. The van der Waals surface area contributed by atoms with E-state index in [1.807, 2.05) is 13.0 Å². The summed E-state index contributed by atoms with van der Waals surface area (Å²) in [7, 11) is 0. The molecule has 0 atom stereocenters. The van der Waals surface area contributed by atoms with E-state index < -0.39 is 0 Å². The Morgan fingerprint density at radius 1 is 1.16 bits per heavy atom. The number of hydrogen-bond donors (Lipinski definition) is 0. The molecule has 1 aromatic heterocycles. The van der Waals surface area contributed by atoms with Gasteiger partial charge < -0.3 is 18.6 Å². The van der Waals surface area contributed by atoms with Crippen LogP contribution in [0.25, 0.3) is 17.0 Å². The lowest BCUT2D eigenvalue weighted by Crippen LogP contribution is -2.05. The maximum absolute atomic E-state index is 5.70. The van der Waals surface area contributed by atoms with Gasteiger partial charge in [-0.05, 0) is 13.0 Å². The summed E-state index contributed by atoms with van der Waals surface area (Å²) in [5, 5.41) is 0.769. The van der Waals surface area contributed by atoms with Gasteiger partial charge in [0.2, 0.25) is 12.5 Å². The Balaban J connectivity index is 1.86. The van der Waals surface area contributed by atoms with Crippen LogP contribution in [0.2, 0.25) is 0 Å². The van der Waals surface area contributed by atoms with Crippen molar-refractivity contribution in [1.82, 2.24) is 0 Å². The molecular weight excluding hydrogens is 252 g/mol. The number of rotatable bonds is 2. The molecule has 4 rings (SSSR count). The molecule has 1 aromatic carbocycles. The summed E-state index contributed by atoms with van der Waals surface area (Å²) in [6.45, 7) is 2.56. The molecule has 0 saturated carbocycles. The summed E-state index contributed by atoms with van der Waals surface area (Å²) in [6, 6.07) is 3.58. The molecule has 2 aliphatic rings. The summed E-state index contributed by atoms with van der Waals surface area (Å²) >= 11 is 0. The molecule has 0 radical (unpaired) electrons. The first-order chi connectivity index (χ1) is 9.35. The van der Waals surface area contributed by atoms with Crippen LogP contribution in [-0.2, 0) is 9.62 Å². The third kappa shape index (κ3) is 1.49. The number of furan rings is 1. The fourth-order valence-corrected chi connectivity index (χ4v) is 2.09. The van der Waals surface area contributed by atoms with Crippen LogP contribution < -0.4 is 14.4 Å². The lowest BCUT2D eigenvalue weighted by Gasteiger charge is -2.12. The molecule has 0 fully saturated rings. The van der Waals surface area contributed by atoms with Crippen molar-refractivity contribution in [3.05, 3.63) is 23.8 Å². The molecule has 0 bridgehead atoms. The molecule has 2 aliphatic heterocycles. The van der Waals surface area contributed by atoms with Gasteiger partial charge in [0, 0.05) is 6.07 Å². The zero-order valence-corrected chi connectivity index (χ0v) is 10.1. The predicted octanol–water partition coefficient (Wildman–Crippen LogP) is 2.82. The van der Waals surface area contributed by atoms with Crippen molar-refractivity contribution in [2.24, 2.45) is 0 Å². The minimum Gasteiger partial charge on any atom is -0.463 e. The minimum absolute atomic E-state index is 0.218. The molecule has 98 valence electrons. The predicted molar refractivity (Wildman–Crippen MR) is 63.7 cm³/mol. The van der Waals surface area contributed by atoms with Crippen LogP contribution in [0.1, 0.15) is 12.7 Å². The topological polar surface area (TPSA) is 59.3 Å². The molecule has 0 unspecified atom stereocenters. The van der Waals surface area contributed by atoms with Crippen LogP contribution in [0, 0.1) is 0 Å². The third-order valence-corrected chi connectivity index (χ3v) is 2.91. The quantitative estimate of drug-likeness (QED) is 0.775. The van der Waals surface area contributed by atoms with Crippen molar-refractivity contribution in [2.75, 3.05) is 13.4 Å². The van der Waals surface area contributed by atoms with Gasteiger partial charge in [-0.15, -0.1) is 0 Å². The second kappa shape index (κ2) is 3.74. The molecule has 19 heavy (non-hydrogen) atoms. The zero-order chi connectivity index (χ0) is 12.8. The lowest BCUT2D eigenvalue weighted by atomic mass is 10.2. The standard InChI is InChI=1S/C13H10O6/c1-2-14-12-5-11-13(19-18-12)7-3-9-10(16-6-15-9)4-8(7)17-11/h3-5H,2,6H2,1H3. The van der Waals surface area contributed by atoms with Gasteiger partial charge in [0.05, 0.1) is 18.1 Å². The van der Waals surface area contributed by atoms with E-state index in [0.717, 1.165) is 5.39 Å². The zero-order valence-electron chi connectivity index (χ0n) is 10.1. The first-order valence-electron chi connectivity index (χ1n) is 5.90. The van der Waals surface area contributed by atoms with Crippen molar-refractivity contribution in [3.63, 3.8) is 0 Å². The normalized spacial score (nSPS) is 15.5. The van der Waals surface area contributed by atoms with E-state index in [2.05, 4.69) is 0 Å². The maximum Gasteiger partial charge on any atom is 0.334 e. The van der Waals surface area contributed by atoms with E-state index in [0.29, 0.717) is 35.2 Å². The Morgan fingerprint density at radius 3 is 2.84 bits per heavy atom. The van der Waals surface area contributed by atoms with Gasteiger partial charge in [-0.25, -0.2) is 4.89 Å². The van der Waals surface area contributed by atoms with Gasteiger partial charge >= 0.3 is 5.95 Å². The van der Waals surface area contributed by atoms with Crippen LogP contribution in [-0.4, -0.2) is 13.4 Å². The van der Waals surface area contributed by atoms with E-state index in [-0.39, 0.29) is 12.7 Å². The Hall–Kier alpha value is -2.50. The molecule has 6 heteroatoms. The van der Waals surface area contributed by atoms with Gasteiger partial charge in [-0.1, -0.05) is 0 Å². The molecule has 0 spiro atoms. The highest BCUT2D eigenvalue weighted by molar-refractivity contribution is 5.91. The van der Waals surface area contributed by atoms with Crippen molar-refractivity contribution in [2.45, 2.75) is 6.92 Å². The molecular formula is C13H10O6. The van der Waals surface area contributed by atoms with Crippen LogP contribution in [0.3, 0.4) is 0 Å². The average molecular weight is 262 g/mol. The largest absolute Gasteiger partial charge is 0.463 e. The Labute approximate surface area is 108 Å². The van der Waals surface area contributed by atoms with Crippen molar-refractivity contribution in [1.29, 1.82) is 0 Å². The van der Waals surface area contributed by atoms with E-state index in [9.17, 15) is 0 Å². The maximum atomic E-state index is 5.70.